The lowest BCUT2D eigenvalue weighted by atomic mass is 9.76. The van der Waals surface area contributed by atoms with Crippen LogP contribution in [0.15, 0.2) is 109 Å². The van der Waals surface area contributed by atoms with Gasteiger partial charge in [0.05, 0.1) is 11.8 Å². The van der Waals surface area contributed by atoms with Gasteiger partial charge in [-0.15, -0.1) is 0 Å². The van der Waals surface area contributed by atoms with Crippen LogP contribution in [0.25, 0.3) is 11.6 Å². The number of benzene rings is 6. The van der Waals surface area contributed by atoms with Crippen molar-refractivity contribution in [3.05, 3.63) is 159 Å². The summed E-state index contributed by atoms with van der Waals surface area (Å²) in [6, 6.07) is 29.1. The Labute approximate surface area is 291 Å². The van der Waals surface area contributed by atoms with Crippen molar-refractivity contribution in [2.24, 2.45) is 0 Å². The van der Waals surface area contributed by atoms with Gasteiger partial charge in [0.15, 0.2) is 0 Å². The first-order valence-corrected chi connectivity index (χ1v) is 16.3. The second-order valence-electron chi connectivity index (χ2n) is 13.1. The number of ether oxygens (including phenoxy) is 2. The highest BCUT2D eigenvalue weighted by Crippen LogP contribution is 2.63. The highest BCUT2D eigenvalue weighted by molar-refractivity contribution is 5.98. The first-order chi connectivity index (χ1) is 24.6. The van der Waals surface area contributed by atoms with Crippen LogP contribution in [0.1, 0.15) is 74.1 Å². The van der Waals surface area contributed by atoms with Crippen molar-refractivity contribution >= 4 is 11.6 Å². The SMILES string of the molecule is Oc1ccc(/C=C2/c3cc(O)cc4c3[C@@H](c3cc(O)cc5c3[C@H](c3cc(O)cc(O)c32)[C@@H](c2ccc(O)cc2)O5)[C@H](c2ccc(O)cc2)O4)cc1. The maximum atomic E-state index is 11.9. The normalized spacial score (nSPS) is 20.3. The Hall–Kier alpha value is -6.74. The molecule has 9 nitrogen and oxygen atoms in total. The average molecular weight is 679 g/mol. The number of fused-ring (bicyclic) bond motifs is 3. The summed E-state index contributed by atoms with van der Waals surface area (Å²) in [5.74, 6) is -0.833. The Kier molecular flexibility index (Phi) is 6.63. The molecule has 2 aliphatic heterocycles. The zero-order chi connectivity index (χ0) is 35.1. The van der Waals surface area contributed by atoms with Crippen LogP contribution in [0.4, 0.5) is 0 Å². The highest BCUT2D eigenvalue weighted by atomic mass is 16.5. The smallest absolute Gasteiger partial charge is 0.135 e. The van der Waals surface area contributed by atoms with Crippen molar-refractivity contribution in [2.75, 3.05) is 0 Å². The predicted octanol–water partition coefficient (Wildman–Crippen LogP) is 8.06. The van der Waals surface area contributed by atoms with E-state index in [4.69, 9.17) is 9.47 Å². The zero-order valence-corrected chi connectivity index (χ0v) is 26.7. The van der Waals surface area contributed by atoms with Gasteiger partial charge in [-0.2, -0.15) is 0 Å². The molecule has 3 aliphatic rings. The van der Waals surface area contributed by atoms with Gasteiger partial charge in [0.2, 0.25) is 0 Å². The quantitative estimate of drug-likeness (QED) is 0.0982. The van der Waals surface area contributed by atoms with Gasteiger partial charge < -0.3 is 45.2 Å². The molecule has 0 unspecified atom stereocenters. The number of rotatable bonds is 3. The summed E-state index contributed by atoms with van der Waals surface area (Å²) < 4.78 is 13.4. The average Bonchev–Trinajstić information content (AvgIpc) is 3.67. The summed E-state index contributed by atoms with van der Waals surface area (Å²) in [5, 5.41) is 75.9. The van der Waals surface area contributed by atoms with E-state index in [1.165, 1.54) is 12.1 Å². The molecule has 0 saturated carbocycles. The van der Waals surface area contributed by atoms with Crippen molar-refractivity contribution in [2.45, 2.75) is 24.0 Å². The van der Waals surface area contributed by atoms with Gasteiger partial charge in [-0.25, -0.2) is 0 Å². The lowest BCUT2D eigenvalue weighted by Crippen LogP contribution is -2.16. The van der Waals surface area contributed by atoms with Gasteiger partial charge >= 0.3 is 0 Å². The van der Waals surface area contributed by atoms with Crippen LogP contribution in [0.3, 0.4) is 0 Å². The van der Waals surface area contributed by atoms with Crippen LogP contribution in [0, 0.1) is 0 Å². The molecular formula is C42H30O9. The molecule has 7 N–H and O–H groups in total. The van der Waals surface area contributed by atoms with Crippen LogP contribution in [-0.4, -0.2) is 35.7 Å². The van der Waals surface area contributed by atoms with Crippen LogP contribution >= 0.6 is 0 Å². The molecule has 0 spiro atoms. The number of hydrogen-bond donors (Lipinski definition) is 7. The van der Waals surface area contributed by atoms with Crippen LogP contribution in [0.2, 0.25) is 0 Å². The molecule has 0 aromatic heterocycles. The molecule has 252 valence electrons. The standard InChI is InChI=1S/C42H30O9/c43-23-7-1-20(2-8-23)13-29-30-14-27(47)18-34-37(30)40(42(50-34)22-5-11-25(45)12-6-22)32-16-28(48)19-35-38(32)39(31-15-26(46)17-33(49)36(29)31)41(51-35)21-3-9-24(44)10-4-21/h1-19,39-49H/b29-13-/t39-,40+,41+,42-/m0/s1. The summed E-state index contributed by atoms with van der Waals surface area (Å²) in [6.45, 7) is 0. The second kappa shape index (κ2) is 11.1. The third-order valence-corrected chi connectivity index (χ3v) is 10.0. The topological polar surface area (TPSA) is 160 Å². The van der Waals surface area contributed by atoms with E-state index in [0.717, 1.165) is 5.56 Å². The minimum Gasteiger partial charge on any atom is -0.508 e. The zero-order valence-electron chi connectivity index (χ0n) is 26.7. The summed E-state index contributed by atoms with van der Waals surface area (Å²) in [6.07, 6.45) is 0.410. The van der Waals surface area contributed by atoms with Gasteiger partial charge in [-0.1, -0.05) is 36.4 Å². The molecule has 4 atom stereocenters. The van der Waals surface area contributed by atoms with E-state index >= 15 is 0 Å². The van der Waals surface area contributed by atoms with Crippen molar-refractivity contribution in [1.82, 2.24) is 0 Å². The maximum Gasteiger partial charge on any atom is 0.135 e. The molecule has 9 heteroatoms. The number of hydrogen-bond acceptors (Lipinski definition) is 9. The molecular weight excluding hydrogens is 648 g/mol. The fourth-order valence-electron chi connectivity index (χ4n) is 7.97. The second-order valence-corrected chi connectivity index (χ2v) is 13.1. The molecule has 6 aromatic rings. The van der Waals surface area contributed by atoms with E-state index in [-0.39, 0.29) is 40.2 Å². The fraction of sp³-hybridized carbons (Fsp3) is 0.0952. The van der Waals surface area contributed by atoms with Crippen molar-refractivity contribution < 1.29 is 45.2 Å². The Morgan fingerprint density at radius 2 is 0.922 bits per heavy atom. The lowest BCUT2D eigenvalue weighted by Gasteiger charge is -2.26. The van der Waals surface area contributed by atoms with Gasteiger partial charge in [0.1, 0.15) is 64.0 Å². The van der Waals surface area contributed by atoms with Crippen LogP contribution in [-0.2, 0) is 0 Å². The highest BCUT2D eigenvalue weighted by Gasteiger charge is 2.48. The minimum absolute atomic E-state index is 0.0508. The molecule has 0 bridgehead atoms. The lowest BCUT2D eigenvalue weighted by molar-refractivity contribution is 0.219. The van der Waals surface area contributed by atoms with Gasteiger partial charge in [0.25, 0.3) is 0 Å². The summed E-state index contributed by atoms with van der Waals surface area (Å²) in [7, 11) is 0. The molecule has 2 heterocycles. The van der Waals surface area contributed by atoms with Crippen LogP contribution < -0.4 is 9.47 Å². The molecule has 0 saturated heterocycles. The van der Waals surface area contributed by atoms with E-state index in [2.05, 4.69) is 0 Å². The fourth-order valence-corrected chi connectivity index (χ4v) is 7.97. The van der Waals surface area contributed by atoms with E-state index in [1.54, 1.807) is 97.1 Å². The van der Waals surface area contributed by atoms with E-state index < -0.39 is 24.0 Å². The Morgan fingerprint density at radius 3 is 1.51 bits per heavy atom. The minimum atomic E-state index is -0.737. The molecule has 0 radical (unpaired) electrons. The Morgan fingerprint density at radius 1 is 0.451 bits per heavy atom. The largest absolute Gasteiger partial charge is 0.508 e. The summed E-state index contributed by atoms with van der Waals surface area (Å²) in [5.41, 5.74) is 6.06. The summed E-state index contributed by atoms with van der Waals surface area (Å²) in [4.78, 5) is 0. The van der Waals surface area contributed by atoms with Crippen molar-refractivity contribution in [1.29, 1.82) is 0 Å². The molecule has 9 rings (SSSR count). The van der Waals surface area contributed by atoms with Gasteiger partial charge in [0, 0.05) is 34.9 Å². The number of phenolic OH excluding ortho intramolecular Hbond substituents is 7. The van der Waals surface area contributed by atoms with E-state index in [9.17, 15) is 35.7 Å². The molecule has 6 aromatic carbocycles. The Bertz CT molecular complexity index is 2400. The summed E-state index contributed by atoms with van der Waals surface area (Å²) >= 11 is 0. The van der Waals surface area contributed by atoms with Crippen LogP contribution in [0.5, 0.6) is 51.7 Å². The first-order valence-electron chi connectivity index (χ1n) is 16.3. The first kappa shape index (κ1) is 30.3. The predicted molar refractivity (Wildman–Crippen MR) is 188 cm³/mol. The van der Waals surface area contributed by atoms with Crippen molar-refractivity contribution in [3.8, 4) is 51.7 Å². The van der Waals surface area contributed by atoms with E-state index in [0.29, 0.717) is 61.6 Å². The number of aromatic hydroxyl groups is 7. The molecule has 1 aliphatic carbocycles. The molecule has 0 amide bonds. The Balaban J connectivity index is 1.44. The maximum absolute atomic E-state index is 11.9. The molecule has 0 fully saturated rings. The van der Waals surface area contributed by atoms with Crippen molar-refractivity contribution in [3.63, 3.8) is 0 Å². The third-order valence-electron chi connectivity index (χ3n) is 10.0. The number of phenols is 7. The van der Waals surface area contributed by atoms with Gasteiger partial charge in [-0.3, -0.25) is 0 Å². The third kappa shape index (κ3) is 4.85. The van der Waals surface area contributed by atoms with Gasteiger partial charge in [-0.05, 0) is 99.6 Å². The monoisotopic (exact) mass is 678 g/mol. The molecule has 51 heavy (non-hydrogen) atoms. The van der Waals surface area contributed by atoms with E-state index in [1.807, 2.05) is 6.08 Å².